The van der Waals surface area contributed by atoms with E-state index in [0.717, 1.165) is 0 Å². The molecular weight excluding hydrogens is 428 g/mol. The van der Waals surface area contributed by atoms with Crippen LogP contribution in [0.5, 0.6) is 0 Å². The van der Waals surface area contributed by atoms with Gasteiger partial charge in [0.25, 0.3) is 0 Å². The van der Waals surface area contributed by atoms with E-state index in [9.17, 15) is 18.0 Å². The predicted octanol–water partition coefficient (Wildman–Crippen LogP) is 3.27. The molecule has 2 aliphatic rings. The summed E-state index contributed by atoms with van der Waals surface area (Å²) in [6.07, 6.45) is 3.57. The zero-order valence-electron chi connectivity index (χ0n) is 14.7. The molecule has 1 aliphatic carbocycles. The Hall–Kier alpha value is -0.800. The number of allylic oxidation sites excluding steroid dienone is 2. The number of Topliss-reactive ketones (excluding diaryl/α,β-unsaturated/α-hetero) is 2. The first-order valence-corrected chi connectivity index (χ1v) is 12.7. The molecule has 0 aromatic heterocycles. The molecule has 1 atom stereocenters. The van der Waals surface area contributed by atoms with Crippen molar-refractivity contribution in [3.8, 4) is 0 Å². The summed E-state index contributed by atoms with van der Waals surface area (Å²) in [5, 5.41) is 9.18. The highest BCUT2D eigenvalue weighted by Gasteiger charge is 2.39. The maximum Gasteiger partial charge on any atom is 0.198 e. The van der Waals surface area contributed by atoms with Gasteiger partial charge >= 0.3 is 0 Å². The van der Waals surface area contributed by atoms with Crippen molar-refractivity contribution in [1.82, 2.24) is 0 Å². The summed E-state index contributed by atoms with van der Waals surface area (Å²) >= 11 is 8.99. The van der Waals surface area contributed by atoms with Crippen molar-refractivity contribution in [3.05, 3.63) is 38.8 Å². The summed E-state index contributed by atoms with van der Waals surface area (Å²) in [6.45, 7) is -0.0443. The monoisotopic (exact) mass is 446 g/mol. The Morgan fingerprint density at radius 2 is 2.07 bits per heavy atom. The van der Waals surface area contributed by atoms with E-state index in [-0.39, 0.29) is 39.9 Å². The van der Waals surface area contributed by atoms with E-state index in [2.05, 4.69) is 0 Å². The molecule has 146 valence electrons. The standard InChI is InChI=1S/C18H19ClO5S3/c1-25-15-9-11-14(27(15,23)24)6-5-10(17(11)19)18(22)16-12(21)3-2-4-13(16)26-8-7-20/h5-6,15,20H,2-4,7-9H2,1H3. The third-order valence-electron chi connectivity index (χ3n) is 4.69. The number of rotatable bonds is 6. The quantitative estimate of drug-likeness (QED) is 0.529. The fraction of sp³-hybridized carbons (Fsp3) is 0.444. The van der Waals surface area contributed by atoms with Crippen molar-refractivity contribution in [3.63, 3.8) is 0 Å². The molecule has 0 amide bonds. The maximum atomic E-state index is 13.1. The van der Waals surface area contributed by atoms with Gasteiger partial charge in [-0.05, 0) is 41.7 Å². The van der Waals surface area contributed by atoms with E-state index >= 15 is 0 Å². The van der Waals surface area contributed by atoms with Crippen LogP contribution in [0.4, 0.5) is 0 Å². The molecule has 1 N–H and O–H groups in total. The molecule has 3 rings (SSSR count). The number of hydrogen-bond acceptors (Lipinski definition) is 7. The van der Waals surface area contributed by atoms with Crippen LogP contribution in [0.2, 0.25) is 5.02 Å². The molecule has 0 radical (unpaired) electrons. The SMILES string of the molecule is CSC1Cc2c(ccc(C(=O)C3=C(SCCO)CCCC3=O)c2Cl)S1(=O)=O. The maximum absolute atomic E-state index is 13.1. The Balaban J connectivity index is 2.06. The normalized spacial score (nSPS) is 21.4. The zero-order valence-corrected chi connectivity index (χ0v) is 17.9. The number of hydrogen-bond donors (Lipinski definition) is 1. The number of thioether (sulfide) groups is 2. The fourth-order valence-electron chi connectivity index (χ4n) is 3.38. The highest BCUT2D eigenvalue weighted by Crippen LogP contribution is 2.42. The Labute approximate surface area is 171 Å². The topological polar surface area (TPSA) is 88.5 Å². The average molecular weight is 447 g/mol. The first-order chi connectivity index (χ1) is 12.8. The van der Waals surface area contributed by atoms with Gasteiger partial charge in [0.2, 0.25) is 0 Å². The number of ketones is 2. The molecular formula is C18H19ClO5S3. The molecule has 0 fully saturated rings. The van der Waals surface area contributed by atoms with Crippen LogP contribution in [0.1, 0.15) is 35.2 Å². The summed E-state index contributed by atoms with van der Waals surface area (Å²) in [5.41, 5.74) is 0.749. The Morgan fingerprint density at radius 1 is 1.33 bits per heavy atom. The van der Waals surface area contributed by atoms with Crippen LogP contribution in [0, 0.1) is 0 Å². The third-order valence-corrected chi connectivity index (χ3v) is 10.2. The largest absolute Gasteiger partial charge is 0.396 e. The second-order valence-electron chi connectivity index (χ2n) is 6.29. The lowest BCUT2D eigenvalue weighted by atomic mass is 9.91. The first-order valence-electron chi connectivity index (χ1n) is 8.45. The van der Waals surface area contributed by atoms with Crippen molar-refractivity contribution in [2.24, 2.45) is 0 Å². The van der Waals surface area contributed by atoms with E-state index in [1.807, 2.05) is 0 Å². The molecule has 1 aromatic carbocycles. The number of carbonyl (C=O) groups is 2. The van der Waals surface area contributed by atoms with Crippen molar-refractivity contribution in [2.45, 2.75) is 35.2 Å². The van der Waals surface area contributed by atoms with Crippen molar-refractivity contribution in [2.75, 3.05) is 18.6 Å². The lowest BCUT2D eigenvalue weighted by molar-refractivity contribution is -0.115. The minimum atomic E-state index is -3.46. The van der Waals surface area contributed by atoms with Crippen LogP contribution < -0.4 is 0 Å². The highest BCUT2D eigenvalue weighted by atomic mass is 35.5. The smallest absolute Gasteiger partial charge is 0.198 e. The molecule has 27 heavy (non-hydrogen) atoms. The van der Waals surface area contributed by atoms with Crippen molar-refractivity contribution >= 4 is 56.5 Å². The average Bonchev–Trinajstić information content (AvgIpc) is 2.91. The van der Waals surface area contributed by atoms with Crippen LogP contribution in [0.15, 0.2) is 27.5 Å². The van der Waals surface area contributed by atoms with Gasteiger partial charge in [0.05, 0.1) is 22.1 Å². The number of benzene rings is 1. The summed E-state index contributed by atoms with van der Waals surface area (Å²) in [7, 11) is -3.46. The Bertz CT molecular complexity index is 937. The van der Waals surface area contributed by atoms with Gasteiger partial charge in [0, 0.05) is 24.2 Å². The number of halogens is 1. The third kappa shape index (κ3) is 3.74. The molecule has 0 spiro atoms. The number of sulfone groups is 1. The van der Waals surface area contributed by atoms with E-state index in [1.165, 1.54) is 35.7 Å². The molecule has 1 aromatic rings. The second-order valence-corrected chi connectivity index (χ2v) is 11.3. The van der Waals surface area contributed by atoms with Gasteiger partial charge in [-0.1, -0.05) is 11.6 Å². The Morgan fingerprint density at radius 3 is 2.74 bits per heavy atom. The fourth-order valence-corrected chi connectivity index (χ4v) is 7.85. The van der Waals surface area contributed by atoms with E-state index in [1.54, 1.807) is 6.26 Å². The number of aliphatic hydroxyl groups is 1. The summed E-state index contributed by atoms with van der Waals surface area (Å²) in [4.78, 5) is 26.4. The molecule has 0 saturated carbocycles. The minimum absolute atomic E-state index is 0.0443. The van der Waals surface area contributed by atoms with Crippen LogP contribution >= 0.6 is 35.1 Å². The minimum Gasteiger partial charge on any atom is -0.396 e. The summed E-state index contributed by atoms with van der Waals surface area (Å²) in [6, 6.07) is 2.83. The van der Waals surface area contributed by atoms with Gasteiger partial charge in [-0.2, -0.15) is 0 Å². The van der Waals surface area contributed by atoms with E-state index in [4.69, 9.17) is 16.7 Å². The molecule has 0 bridgehead atoms. The van der Waals surface area contributed by atoms with Crippen molar-refractivity contribution < 1.29 is 23.1 Å². The summed E-state index contributed by atoms with van der Waals surface area (Å²) in [5.74, 6) is -0.277. The Kier molecular flexibility index (Phi) is 6.42. The molecule has 1 aliphatic heterocycles. The predicted molar refractivity (Wildman–Crippen MR) is 109 cm³/mol. The van der Waals surface area contributed by atoms with Gasteiger partial charge in [0.1, 0.15) is 4.58 Å². The van der Waals surface area contributed by atoms with Crippen LogP contribution in [0.25, 0.3) is 0 Å². The van der Waals surface area contributed by atoms with Crippen LogP contribution in [-0.2, 0) is 21.1 Å². The molecule has 1 heterocycles. The van der Waals surface area contributed by atoms with Gasteiger partial charge in [-0.25, -0.2) is 8.42 Å². The van der Waals surface area contributed by atoms with Gasteiger partial charge < -0.3 is 5.11 Å². The zero-order chi connectivity index (χ0) is 19.8. The number of fused-ring (bicyclic) bond motifs is 1. The first kappa shape index (κ1) is 20.9. The van der Waals surface area contributed by atoms with Gasteiger partial charge in [-0.15, -0.1) is 23.5 Å². The molecule has 5 nitrogen and oxygen atoms in total. The van der Waals surface area contributed by atoms with Crippen LogP contribution in [0.3, 0.4) is 0 Å². The number of carbonyl (C=O) groups excluding carboxylic acids is 2. The molecule has 9 heteroatoms. The second kappa shape index (κ2) is 8.29. The number of aliphatic hydroxyl groups excluding tert-OH is 1. The van der Waals surface area contributed by atoms with Gasteiger partial charge in [-0.3, -0.25) is 9.59 Å². The van der Waals surface area contributed by atoms with Crippen molar-refractivity contribution in [1.29, 1.82) is 0 Å². The molecule has 0 saturated heterocycles. The van der Waals surface area contributed by atoms with E-state index in [0.29, 0.717) is 35.5 Å². The highest BCUT2D eigenvalue weighted by molar-refractivity contribution is 8.13. The lowest BCUT2D eigenvalue weighted by Crippen LogP contribution is -2.19. The summed E-state index contributed by atoms with van der Waals surface area (Å²) < 4.78 is 24.4. The lowest BCUT2D eigenvalue weighted by Gasteiger charge is -2.18. The molecule has 1 unspecified atom stereocenters. The van der Waals surface area contributed by atoms with Gasteiger partial charge in [0.15, 0.2) is 21.4 Å². The van der Waals surface area contributed by atoms with Crippen LogP contribution in [-0.4, -0.2) is 48.3 Å². The van der Waals surface area contributed by atoms with E-state index < -0.39 is 20.2 Å².